The second-order valence-electron chi connectivity index (χ2n) is 6.88. The number of rotatable bonds is 5. The lowest BCUT2D eigenvalue weighted by atomic mass is 10.1. The summed E-state index contributed by atoms with van der Waals surface area (Å²) in [5.41, 5.74) is 2.52. The van der Waals surface area contributed by atoms with E-state index < -0.39 is 0 Å². The topological polar surface area (TPSA) is 101 Å². The lowest BCUT2D eigenvalue weighted by Crippen LogP contribution is -2.23. The third-order valence-corrected chi connectivity index (χ3v) is 5.54. The predicted molar refractivity (Wildman–Crippen MR) is 117 cm³/mol. The molecule has 3 heterocycles. The Kier molecular flexibility index (Phi) is 5.68. The van der Waals surface area contributed by atoms with E-state index in [-0.39, 0.29) is 29.3 Å². The van der Waals surface area contributed by atoms with Gasteiger partial charge in [-0.15, -0.1) is 11.3 Å². The summed E-state index contributed by atoms with van der Waals surface area (Å²) >= 11 is 1.32. The Morgan fingerprint density at radius 2 is 1.90 bits per heavy atom. The van der Waals surface area contributed by atoms with Crippen molar-refractivity contribution >= 4 is 22.4 Å². The molecule has 1 amide bonds. The van der Waals surface area contributed by atoms with Gasteiger partial charge in [0.25, 0.3) is 5.56 Å². The van der Waals surface area contributed by atoms with Crippen LogP contribution in [0, 0.1) is 19.7 Å². The average molecular weight is 435 g/mol. The highest BCUT2D eigenvalue weighted by molar-refractivity contribution is 7.16. The SMILES string of the molecule is Cc1nc(-c2cccnc2)[nH]c(=O)c1CC(=O)Nc1nc(-c2ccc(F)cc2)c(C)s1. The van der Waals surface area contributed by atoms with Crippen LogP contribution in [0.5, 0.6) is 0 Å². The molecule has 0 unspecified atom stereocenters. The Labute approximate surface area is 181 Å². The first-order chi connectivity index (χ1) is 14.9. The number of aromatic nitrogens is 4. The Bertz CT molecular complexity index is 1300. The Hall–Kier alpha value is -3.72. The smallest absolute Gasteiger partial charge is 0.255 e. The quantitative estimate of drug-likeness (QED) is 0.495. The van der Waals surface area contributed by atoms with Crippen LogP contribution in [-0.4, -0.2) is 25.8 Å². The highest BCUT2D eigenvalue weighted by Crippen LogP contribution is 2.30. The molecule has 9 heteroatoms. The van der Waals surface area contributed by atoms with Crippen molar-refractivity contribution in [2.75, 3.05) is 5.32 Å². The number of hydrogen-bond donors (Lipinski definition) is 2. The molecule has 1 aromatic carbocycles. The number of aromatic amines is 1. The molecule has 0 spiro atoms. The number of carbonyl (C=O) groups excluding carboxylic acids is 1. The number of carbonyl (C=O) groups is 1. The van der Waals surface area contributed by atoms with Gasteiger partial charge in [-0.25, -0.2) is 14.4 Å². The Morgan fingerprint density at radius 1 is 1.13 bits per heavy atom. The minimum atomic E-state index is -0.371. The molecular weight excluding hydrogens is 417 g/mol. The molecule has 7 nitrogen and oxygen atoms in total. The van der Waals surface area contributed by atoms with Crippen molar-refractivity contribution in [3.8, 4) is 22.6 Å². The molecule has 0 radical (unpaired) electrons. The standard InChI is InChI=1S/C22H18FN5O2S/c1-12-17(21(30)28-20(25-12)15-4-3-9-24-11-15)10-18(29)26-22-27-19(13(2)31-22)14-5-7-16(23)8-6-14/h3-9,11H,10H2,1-2H3,(H,25,28,30)(H,26,27,29). The molecule has 0 aliphatic rings. The fourth-order valence-corrected chi connectivity index (χ4v) is 3.96. The summed E-state index contributed by atoms with van der Waals surface area (Å²) in [6.07, 6.45) is 3.11. The van der Waals surface area contributed by atoms with Gasteiger partial charge in [0, 0.05) is 39.7 Å². The predicted octanol–water partition coefficient (Wildman–Crippen LogP) is 3.89. The Morgan fingerprint density at radius 3 is 2.58 bits per heavy atom. The number of pyridine rings is 1. The number of benzene rings is 1. The van der Waals surface area contributed by atoms with E-state index in [1.54, 1.807) is 43.6 Å². The molecule has 0 fully saturated rings. The zero-order valence-corrected chi connectivity index (χ0v) is 17.6. The van der Waals surface area contributed by atoms with E-state index in [2.05, 4.69) is 25.3 Å². The van der Waals surface area contributed by atoms with E-state index >= 15 is 0 Å². The summed E-state index contributed by atoms with van der Waals surface area (Å²) in [4.78, 5) is 41.6. The van der Waals surface area contributed by atoms with Gasteiger partial charge >= 0.3 is 0 Å². The summed E-state index contributed by atoms with van der Waals surface area (Å²) in [5.74, 6) is -0.294. The van der Waals surface area contributed by atoms with Crippen molar-refractivity contribution in [3.05, 3.63) is 81.1 Å². The van der Waals surface area contributed by atoms with Crippen LogP contribution in [0.4, 0.5) is 9.52 Å². The van der Waals surface area contributed by atoms with Gasteiger partial charge in [-0.2, -0.15) is 0 Å². The van der Waals surface area contributed by atoms with Crippen molar-refractivity contribution in [1.29, 1.82) is 0 Å². The average Bonchev–Trinajstić information content (AvgIpc) is 3.11. The van der Waals surface area contributed by atoms with Crippen LogP contribution in [0.1, 0.15) is 16.1 Å². The second-order valence-corrected chi connectivity index (χ2v) is 8.08. The number of anilines is 1. The zero-order valence-electron chi connectivity index (χ0n) is 16.8. The van der Waals surface area contributed by atoms with Crippen LogP contribution < -0.4 is 10.9 Å². The van der Waals surface area contributed by atoms with Crippen LogP contribution in [-0.2, 0) is 11.2 Å². The third-order valence-electron chi connectivity index (χ3n) is 4.66. The van der Waals surface area contributed by atoms with Gasteiger partial charge in [0.2, 0.25) is 5.91 Å². The molecule has 0 aliphatic heterocycles. The highest BCUT2D eigenvalue weighted by Gasteiger charge is 2.16. The molecule has 4 aromatic rings. The lowest BCUT2D eigenvalue weighted by Gasteiger charge is -2.07. The summed E-state index contributed by atoms with van der Waals surface area (Å²) in [5, 5.41) is 3.15. The lowest BCUT2D eigenvalue weighted by molar-refractivity contribution is -0.115. The molecule has 0 saturated heterocycles. The molecule has 0 bridgehead atoms. The fraction of sp³-hybridized carbons (Fsp3) is 0.136. The molecule has 0 aliphatic carbocycles. The first-order valence-corrected chi connectivity index (χ1v) is 10.3. The number of amides is 1. The van der Waals surface area contributed by atoms with Gasteiger partial charge in [0.05, 0.1) is 12.1 Å². The van der Waals surface area contributed by atoms with E-state index in [0.29, 0.717) is 27.9 Å². The minimum Gasteiger partial charge on any atom is -0.306 e. The number of hydrogen-bond acceptors (Lipinski definition) is 6. The highest BCUT2D eigenvalue weighted by atomic mass is 32.1. The van der Waals surface area contributed by atoms with Gasteiger partial charge in [-0.05, 0) is 50.2 Å². The summed E-state index contributed by atoms with van der Waals surface area (Å²) in [6.45, 7) is 3.57. The van der Waals surface area contributed by atoms with Crippen molar-refractivity contribution in [2.45, 2.75) is 20.3 Å². The monoisotopic (exact) mass is 435 g/mol. The van der Waals surface area contributed by atoms with Gasteiger partial charge in [-0.1, -0.05) is 0 Å². The van der Waals surface area contributed by atoms with Crippen LogP contribution >= 0.6 is 11.3 Å². The normalized spacial score (nSPS) is 10.8. The molecule has 2 N–H and O–H groups in total. The Balaban J connectivity index is 1.51. The molecule has 0 atom stereocenters. The second kappa shape index (κ2) is 8.57. The molecule has 3 aromatic heterocycles. The molecular formula is C22H18FN5O2S. The summed E-state index contributed by atoms with van der Waals surface area (Å²) in [7, 11) is 0. The third kappa shape index (κ3) is 4.56. The van der Waals surface area contributed by atoms with E-state index in [4.69, 9.17) is 0 Å². The van der Waals surface area contributed by atoms with Crippen LogP contribution in [0.15, 0.2) is 53.6 Å². The van der Waals surface area contributed by atoms with Crippen molar-refractivity contribution in [1.82, 2.24) is 19.9 Å². The number of nitrogens with one attached hydrogen (secondary N) is 2. The largest absolute Gasteiger partial charge is 0.306 e. The van der Waals surface area contributed by atoms with E-state index in [1.165, 1.54) is 23.5 Å². The number of thiazole rings is 1. The number of halogens is 1. The van der Waals surface area contributed by atoms with Crippen LogP contribution in [0.3, 0.4) is 0 Å². The van der Waals surface area contributed by atoms with Gasteiger partial charge in [0.15, 0.2) is 5.13 Å². The van der Waals surface area contributed by atoms with Crippen molar-refractivity contribution in [3.63, 3.8) is 0 Å². The fourth-order valence-electron chi connectivity index (χ4n) is 3.11. The van der Waals surface area contributed by atoms with Gasteiger partial charge in [0.1, 0.15) is 11.6 Å². The minimum absolute atomic E-state index is 0.133. The van der Waals surface area contributed by atoms with E-state index in [1.807, 2.05) is 6.92 Å². The van der Waals surface area contributed by atoms with Gasteiger partial charge in [-0.3, -0.25) is 14.6 Å². The molecule has 156 valence electrons. The van der Waals surface area contributed by atoms with Crippen molar-refractivity contribution < 1.29 is 9.18 Å². The maximum absolute atomic E-state index is 13.2. The maximum Gasteiger partial charge on any atom is 0.255 e. The molecule has 4 rings (SSSR count). The first-order valence-electron chi connectivity index (χ1n) is 9.44. The summed E-state index contributed by atoms with van der Waals surface area (Å²) in [6, 6.07) is 9.55. The number of H-pyrrole nitrogens is 1. The van der Waals surface area contributed by atoms with Crippen LogP contribution in [0.2, 0.25) is 0 Å². The molecule has 0 saturated carbocycles. The first kappa shape index (κ1) is 20.5. The number of nitrogens with zero attached hydrogens (tertiary/aromatic N) is 3. The molecule has 31 heavy (non-hydrogen) atoms. The van der Waals surface area contributed by atoms with Crippen molar-refractivity contribution in [2.24, 2.45) is 0 Å². The zero-order chi connectivity index (χ0) is 22.0. The van der Waals surface area contributed by atoms with E-state index in [9.17, 15) is 14.0 Å². The van der Waals surface area contributed by atoms with E-state index in [0.717, 1.165) is 10.4 Å². The number of aryl methyl sites for hydroxylation is 2. The van der Waals surface area contributed by atoms with Gasteiger partial charge < -0.3 is 10.3 Å². The van der Waals surface area contributed by atoms with Crippen LogP contribution in [0.25, 0.3) is 22.6 Å². The summed E-state index contributed by atoms with van der Waals surface area (Å²) < 4.78 is 13.2. The maximum atomic E-state index is 13.2.